The van der Waals surface area contributed by atoms with E-state index >= 15 is 0 Å². The number of hydrogen-bond acceptors (Lipinski definition) is 2. The zero-order chi connectivity index (χ0) is 13.7. The summed E-state index contributed by atoms with van der Waals surface area (Å²) in [5.74, 6) is -1.04. The van der Waals surface area contributed by atoms with Crippen molar-refractivity contribution in [2.45, 2.75) is 44.9 Å². The van der Waals surface area contributed by atoms with Gasteiger partial charge in [0.25, 0.3) is 0 Å². The van der Waals surface area contributed by atoms with Crippen LogP contribution in [0.4, 0.5) is 4.79 Å². The largest absolute Gasteiger partial charge is 0.481 e. The summed E-state index contributed by atoms with van der Waals surface area (Å²) >= 11 is 0. The summed E-state index contributed by atoms with van der Waals surface area (Å²) in [4.78, 5) is 24.5. The molecule has 0 unspecified atom stereocenters. The summed E-state index contributed by atoms with van der Waals surface area (Å²) in [5, 5.41) is 11.8. The predicted molar refractivity (Wildman–Crippen MR) is 71.6 cm³/mol. The number of allylic oxidation sites excluding steroid dienone is 1. The third kappa shape index (κ3) is 3.98. The molecular weight excluding hydrogens is 244 g/mol. The van der Waals surface area contributed by atoms with Crippen molar-refractivity contribution in [2.75, 3.05) is 13.1 Å². The maximum absolute atomic E-state index is 11.9. The molecule has 0 atom stereocenters. The maximum Gasteiger partial charge on any atom is 0.321 e. The average molecular weight is 266 g/mol. The first-order valence-corrected chi connectivity index (χ1v) is 7.13. The Balaban J connectivity index is 1.76. The molecule has 0 aromatic carbocycles. The highest BCUT2D eigenvalue weighted by Crippen LogP contribution is 2.22. The Morgan fingerprint density at radius 3 is 2.37 bits per heavy atom. The van der Waals surface area contributed by atoms with E-state index in [4.69, 9.17) is 5.11 Å². The summed E-state index contributed by atoms with van der Waals surface area (Å²) in [5.41, 5.74) is 1.32. The monoisotopic (exact) mass is 266 g/mol. The third-order valence-electron chi connectivity index (χ3n) is 4.03. The highest BCUT2D eigenvalue weighted by molar-refractivity contribution is 5.76. The Labute approximate surface area is 113 Å². The molecule has 0 bridgehead atoms. The lowest BCUT2D eigenvalue weighted by atomic mass is 9.96. The molecule has 5 heteroatoms. The minimum absolute atomic E-state index is 0.0955. The zero-order valence-corrected chi connectivity index (χ0v) is 11.2. The molecule has 1 saturated carbocycles. The second-order valence-corrected chi connectivity index (χ2v) is 5.41. The van der Waals surface area contributed by atoms with E-state index in [9.17, 15) is 9.59 Å². The van der Waals surface area contributed by atoms with Crippen molar-refractivity contribution >= 4 is 12.0 Å². The van der Waals surface area contributed by atoms with Crippen LogP contribution in [-0.2, 0) is 4.79 Å². The highest BCUT2D eigenvalue weighted by atomic mass is 16.4. The lowest BCUT2D eigenvalue weighted by Crippen LogP contribution is -2.44. The standard InChI is InChI=1S/C14H22N2O3/c17-13(18)12-6-8-16(9-7-12)14(19)15-10-11-4-2-1-3-5-11/h10,12H,1-9H2,(H,15,19)(H,17,18). The van der Waals surface area contributed by atoms with E-state index in [1.54, 1.807) is 4.90 Å². The molecule has 1 aliphatic heterocycles. The summed E-state index contributed by atoms with van der Waals surface area (Å²) in [6, 6.07) is -0.0955. The van der Waals surface area contributed by atoms with Gasteiger partial charge in [-0.1, -0.05) is 12.0 Å². The van der Waals surface area contributed by atoms with Gasteiger partial charge in [-0.2, -0.15) is 0 Å². The van der Waals surface area contributed by atoms with Crippen LogP contribution >= 0.6 is 0 Å². The molecule has 2 amide bonds. The fourth-order valence-electron chi connectivity index (χ4n) is 2.73. The van der Waals surface area contributed by atoms with Gasteiger partial charge in [-0.15, -0.1) is 0 Å². The lowest BCUT2D eigenvalue weighted by Gasteiger charge is -2.29. The van der Waals surface area contributed by atoms with Crippen molar-refractivity contribution in [2.24, 2.45) is 5.92 Å². The normalized spacial score (nSPS) is 21.1. The molecule has 5 nitrogen and oxygen atoms in total. The number of likely N-dealkylation sites (tertiary alicyclic amines) is 1. The second-order valence-electron chi connectivity index (χ2n) is 5.41. The van der Waals surface area contributed by atoms with Gasteiger partial charge >= 0.3 is 12.0 Å². The van der Waals surface area contributed by atoms with Gasteiger partial charge in [0.15, 0.2) is 0 Å². The van der Waals surface area contributed by atoms with E-state index in [1.807, 2.05) is 6.20 Å². The van der Waals surface area contributed by atoms with Crippen molar-refractivity contribution in [1.29, 1.82) is 0 Å². The number of piperidine rings is 1. The molecule has 2 aliphatic rings. The summed E-state index contributed by atoms with van der Waals surface area (Å²) < 4.78 is 0. The molecule has 106 valence electrons. The number of amides is 2. The smallest absolute Gasteiger partial charge is 0.321 e. The minimum Gasteiger partial charge on any atom is -0.481 e. The molecule has 0 spiro atoms. The Morgan fingerprint density at radius 2 is 1.79 bits per heavy atom. The Bertz CT molecular complexity index is 363. The Hall–Kier alpha value is -1.52. The maximum atomic E-state index is 11.9. The number of carbonyl (C=O) groups excluding carboxylic acids is 1. The molecule has 19 heavy (non-hydrogen) atoms. The second kappa shape index (κ2) is 6.59. The van der Waals surface area contributed by atoms with Gasteiger partial charge in [0.05, 0.1) is 5.92 Å². The molecule has 0 aromatic heterocycles. The van der Waals surface area contributed by atoms with Crippen molar-refractivity contribution in [3.8, 4) is 0 Å². The third-order valence-corrected chi connectivity index (χ3v) is 4.03. The van der Waals surface area contributed by atoms with Gasteiger partial charge in [-0.05, 0) is 38.5 Å². The van der Waals surface area contributed by atoms with Crippen LogP contribution in [0, 0.1) is 5.92 Å². The quantitative estimate of drug-likeness (QED) is 0.806. The number of aliphatic carboxylic acids is 1. The van der Waals surface area contributed by atoms with Crippen LogP contribution in [0.2, 0.25) is 0 Å². The lowest BCUT2D eigenvalue weighted by molar-refractivity contribution is -0.143. The first-order valence-electron chi connectivity index (χ1n) is 7.13. The van der Waals surface area contributed by atoms with Crippen molar-refractivity contribution in [3.63, 3.8) is 0 Å². The van der Waals surface area contributed by atoms with Gasteiger partial charge in [-0.3, -0.25) is 4.79 Å². The fraction of sp³-hybridized carbons (Fsp3) is 0.714. The number of hydrogen-bond donors (Lipinski definition) is 2. The van der Waals surface area contributed by atoms with Crippen LogP contribution in [0.3, 0.4) is 0 Å². The SMILES string of the molecule is O=C(O)C1CCN(C(=O)NC=C2CCCCC2)CC1. The average Bonchev–Trinajstić information content (AvgIpc) is 2.46. The minimum atomic E-state index is -0.746. The molecule has 2 N–H and O–H groups in total. The highest BCUT2D eigenvalue weighted by Gasteiger charge is 2.26. The van der Waals surface area contributed by atoms with E-state index in [1.165, 1.54) is 24.8 Å². The molecule has 0 aromatic rings. The number of rotatable bonds is 2. The van der Waals surface area contributed by atoms with E-state index in [0.29, 0.717) is 25.9 Å². The predicted octanol–water partition coefficient (Wildman–Crippen LogP) is 2.34. The van der Waals surface area contributed by atoms with Gasteiger partial charge in [0, 0.05) is 19.3 Å². The topological polar surface area (TPSA) is 69.6 Å². The van der Waals surface area contributed by atoms with Crippen LogP contribution in [0.1, 0.15) is 44.9 Å². The zero-order valence-electron chi connectivity index (χ0n) is 11.2. The first-order chi connectivity index (χ1) is 9.16. The number of urea groups is 1. The molecule has 1 saturated heterocycles. The van der Waals surface area contributed by atoms with Crippen molar-refractivity contribution in [3.05, 3.63) is 11.8 Å². The van der Waals surface area contributed by atoms with Crippen molar-refractivity contribution in [1.82, 2.24) is 10.2 Å². The number of carboxylic acids is 1. The molecule has 2 fully saturated rings. The Kier molecular flexibility index (Phi) is 4.82. The van der Waals surface area contributed by atoms with Crippen LogP contribution in [0.15, 0.2) is 11.8 Å². The Morgan fingerprint density at radius 1 is 1.16 bits per heavy atom. The molecule has 1 heterocycles. The molecule has 2 rings (SSSR count). The van der Waals surface area contributed by atoms with Gasteiger partial charge in [0.2, 0.25) is 0 Å². The first kappa shape index (κ1) is 13.9. The van der Waals surface area contributed by atoms with Crippen molar-refractivity contribution < 1.29 is 14.7 Å². The molecule has 0 radical (unpaired) electrons. The van der Waals surface area contributed by atoms with E-state index in [-0.39, 0.29) is 11.9 Å². The van der Waals surface area contributed by atoms with Gasteiger partial charge < -0.3 is 15.3 Å². The van der Waals surface area contributed by atoms with Crippen LogP contribution < -0.4 is 5.32 Å². The van der Waals surface area contributed by atoms with Crippen LogP contribution in [0.25, 0.3) is 0 Å². The number of carbonyl (C=O) groups is 2. The number of carboxylic acid groups (broad SMARTS) is 1. The summed E-state index contributed by atoms with van der Waals surface area (Å²) in [7, 11) is 0. The van der Waals surface area contributed by atoms with E-state index in [0.717, 1.165) is 12.8 Å². The summed E-state index contributed by atoms with van der Waals surface area (Å²) in [6.07, 6.45) is 8.84. The van der Waals surface area contributed by atoms with Gasteiger partial charge in [0.1, 0.15) is 0 Å². The summed E-state index contributed by atoms with van der Waals surface area (Å²) in [6.45, 7) is 1.07. The van der Waals surface area contributed by atoms with E-state index in [2.05, 4.69) is 5.32 Å². The molecular formula is C14H22N2O3. The van der Waals surface area contributed by atoms with Crippen LogP contribution in [0.5, 0.6) is 0 Å². The fourth-order valence-corrected chi connectivity index (χ4v) is 2.73. The number of nitrogens with one attached hydrogen (secondary N) is 1. The van der Waals surface area contributed by atoms with E-state index < -0.39 is 5.97 Å². The number of nitrogens with zero attached hydrogens (tertiary/aromatic N) is 1. The van der Waals surface area contributed by atoms with Crippen LogP contribution in [-0.4, -0.2) is 35.1 Å². The molecule has 1 aliphatic carbocycles. The van der Waals surface area contributed by atoms with Gasteiger partial charge in [-0.25, -0.2) is 4.79 Å².